The normalized spacial score (nSPS) is 16.6. The first kappa shape index (κ1) is 20.5. The van der Waals surface area contributed by atoms with Crippen LogP contribution in [0.5, 0.6) is 0 Å². The number of hydrogen-bond acceptors (Lipinski definition) is 5. The number of anilines is 1. The van der Waals surface area contributed by atoms with Gasteiger partial charge in [-0.05, 0) is 23.4 Å². The summed E-state index contributed by atoms with van der Waals surface area (Å²) >= 11 is 1.57. The molecule has 6 heteroatoms. The minimum Gasteiger partial charge on any atom is -0.464 e. The van der Waals surface area contributed by atoms with E-state index < -0.39 is 0 Å². The molecule has 1 heterocycles. The van der Waals surface area contributed by atoms with E-state index in [0.717, 1.165) is 41.3 Å². The van der Waals surface area contributed by atoms with Crippen LogP contribution in [0.15, 0.2) is 36.4 Å². The van der Waals surface area contributed by atoms with Crippen molar-refractivity contribution in [2.24, 2.45) is 0 Å². The van der Waals surface area contributed by atoms with Gasteiger partial charge < -0.3 is 14.5 Å². The maximum absolute atomic E-state index is 12.5. The molecular weight excluding hydrogens is 372 g/mol. The molecule has 0 spiro atoms. The Morgan fingerprint density at radius 3 is 2.64 bits per heavy atom. The molecule has 5 nitrogen and oxygen atoms in total. The summed E-state index contributed by atoms with van der Waals surface area (Å²) in [5.74, 6) is 0.0461. The lowest BCUT2D eigenvalue weighted by molar-refractivity contribution is -0.148. The van der Waals surface area contributed by atoms with Crippen molar-refractivity contribution >= 4 is 40.1 Å². The molecule has 1 amide bonds. The maximum atomic E-state index is 12.5. The topological polar surface area (TPSA) is 49.9 Å². The van der Waals surface area contributed by atoms with Gasteiger partial charge in [0.1, 0.15) is 11.9 Å². The quantitative estimate of drug-likeness (QED) is 0.491. The molecule has 28 heavy (non-hydrogen) atoms. The van der Waals surface area contributed by atoms with Crippen molar-refractivity contribution in [1.29, 1.82) is 0 Å². The first-order valence-electron chi connectivity index (χ1n) is 9.78. The molecule has 1 fully saturated rings. The summed E-state index contributed by atoms with van der Waals surface area (Å²) in [5.41, 5.74) is 2.20. The van der Waals surface area contributed by atoms with Crippen LogP contribution >= 0.6 is 11.8 Å². The Balaban J connectivity index is 1.83. The number of ether oxygens (including phenoxy) is 1. The predicted molar refractivity (Wildman–Crippen MR) is 116 cm³/mol. The van der Waals surface area contributed by atoms with Gasteiger partial charge in [-0.2, -0.15) is 0 Å². The second-order valence-electron chi connectivity index (χ2n) is 7.23. The number of hydrogen-bond donors (Lipinski definition) is 0. The average Bonchev–Trinajstić information content (AvgIpc) is 3.04. The number of carbonyl (C=O) groups excluding carboxylic acids is 2. The smallest absolute Gasteiger partial charge is 0.325 e. The van der Waals surface area contributed by atoms with E-state index in [9.17, 15) is 9.59 Å². The van der Waals surface area contributed by atoms with E-state index in [1.54, 1.807) is 16.7 Å². The molecule has 1 aliphatic rings. The average molecular weight is 401 g/mol. The van der Waals surface area contributed by atoms with Crippen LogP contribution in [0.25, 0.3) is 10.8 Å². The van der Waals surface area contributed by atoms with Gasteiger partial charge in [0.2, 0.25) is 5.91 Å². The van der Waals surface area contributed by atoms with Crippen LogP contribution in [0.3, 0.4) is 0 Å². The molecule has 0 bridgehead atoms. The van der Waals surface area contributed by atoms with Gasteiger partial charge in [0.25, 0.3) is 0 Å². The standard InChI is InChI=1S/C22H28N2O3S/c1-4-5-8-13-27-21(26)14-24-20(25)15-28-22(24)18-11-12-19(23(2)3)17-10-7-6-9-16(17)18/h6-7,9-12,22H,4-5,8,13-15H2,1-3H3. The largest absolute Gasteiger partial charge is 0.464 e. The van der Waals surface area contributed by atoms with Crippen molar-refractivity contribution < 1.29 is 14.3 Å². The van der Waals surface area contributed by atoms with Crippen LogP contribution in [0.1, 0.15) is 37.1 Å². The van der Waals surface area contributed by atoms with Crippen molar-refractivity contribution in [3.8, 4) is 0 Å². The van der Waals surface area contributed by atoms with Crippen molar-refractivity contribution in [3.05, 3.63) is 42.0 Å². The lowest BCUT2D eigenvalue weighted by Crippen LogP contribution is -2.34. The summed E-state index contributed by atoms with van der Waals surface area (Å²) < 4.78 is 5.33. The lowest BCUT2D eigenvalue weighted by Gasteiger charge is -2.26. The van der Waals surface area contributed by atoms with Crippen LogP contribution in [0, 0.1) is 0 Å². The fourth-order valence-corrected chi connectivity index (χ4v) is 4.74. The number of esters is 1. The molecule has 0 radical (unpaired) electrons. The highest BCUT2D eigenvalue weighted by atomic mass is 32.2. The summed E-state index contributed by atoms with van der Waals surface area (Å²) in [4.78, 5) is 28.5. The number of thioether (sulfide) groups is 1. The summed E-state index contributed by atoms with van der Waals surface area (Å²) in [7, 11) is 4.05. The van der Waals surface area contributed by atoms with Gasteiger partial charge in [0.05, 0.1) is 12.4 Å². The number of benzene rings is 2. The summed E-state index contributed by atoms with van der Waals surface area (Å²) in [5, 5.41) is 2.09. The summed E-state index contributed by atoms with van der Waals surface area (Å²) in [6.45, 7) is 2.54. The Kier molecular flexibility index (Phi) is 6.83. The monoisotopic (exact) mass is 400 g/mol. The SMILES string of the molecule is CCCCCOC(=O)CN1C(=O)CSC1c1ccc(N(C)C)c2ccccc12. The maximum Gasteiger partial charge on any atom is 0.325 e. The number of rotatable bonds is 8. The Morgan fingerprint density at radius 1 is 1.18 bits per heavy atom. The molecule has 2 aromatic carbocycles. The highest BCUT2D eigenvalue weighted by molar-refractivity contribution is 8.00. The third-order valence-electron chi connectivity index (χ3n) is 4.96. The molecule has 1 aliphatic heterocycles. The summed E-state index contributed by atoms with van der Waals surface area (Å²) in [6, 6.07) is 12.4. The van der Waals surface area contributed by atoms with Crippen LogP contribution in [0.4, 0.5) is 5.69 Å². The molecule has 2 aromatic rings. The second kappa shape index (κ2) is 9.32. The Morgan fingerprint density at radius 2 is 1.93 bits per heavy atom. The van der Waals surface area contributed by atoms with Gasteiger partial charge in [-0.25, -0.2) is 0 Å². The molecule has 1 atom stereocenters. The Labute approximate surface area is 171 Å². The fraction of sp³-hybridized carbons (Fsp3) is 0.455. The number of amides is 1. The molecule has 1 unspecified atom stereocenters. The van der Waals surface area contributed by atoms with E-state index in [1.807, 2.05) is 26.2 Å². The summed E-state index contributed by atoms with van der Waals surface area (Å²) in [6.07, 6.45) is 2.99. The van der Waals surface area contributed by atoms with Crippen LogP contribution < -0.4 is 4.90 Å². The molecule has 0 aromatic heterocycles. The third kappa shape index (κ3) is 4.43. The highest BCUT2D eigenvalue weighted by Gasteiger charge is 2.35. The lowest BCUT2D eigenvalue weighted by atomic mass is 10.0. The number of carbonyl (C=O) groups is 2. The first-order chi connectivity index (χ1) is 13.5. The number of nitrogens with zero attached hydrogens (tertiary/aromatic N) is 2. The van der Waals surface area contributed by atoms with E-state index in [2.05, 4.69) is 36.1 Å². The zero-order valence-corrected chi connectivity index (χ0v) is 17.6. The fourth-order valence-electron chi connectivity index (χ4n) is 3.52. The predicted octanol–water partition coefficient (Wildman–Crippen LogP) is 4.21. The van der Waals surface area contributed by atoms with Crippen molar-refractivity contribution in [2.45, 2.75) is 31.6 Å². The molecular formula is C22H28N2O3S. The number of fused-ring (bicyclic) bond motifs is 1. The number of unbranched alkanes of at least 4 members (excludes halogenated alkanes) is 2. The van der Waals surface area contributed by atoms with E-state index >= 15 is 0 Å². The van der Waals surface area contributed by atoms with Crippen molar-refractivity contribution in [1.82, 2.24) is 4.90 Å². The van der Waals surface area contributed by atoms with Crippen LogP contribution in [-0.4, -0.2) is 49.8 Å². The van der Waals surface area contributed by atoms with Crippen LogP contribution in [-0.2, 0) is 14.3 Å². The van der Waals surface area contributed by atoms with Gasteiger partial charge in [-0.15, -0.1) is 11.8 Å². The van der Waals surface area contributed by atoms with Crippen molar-refractivity contribution in [3.63, 3.8) is 0 Å². The molecule has 1 saturated heterocycles. The third-order valence-corrected chi connectivity index (χ3v) is 6.20. The van der Waals surface area contributed by atoms with Gasteiger partial charge in [-0.3, -0.25) is 9.59 Å². The van der Waals surface area contributed by atoms with Gasteiger partial charge in [-0.1, -0.05) is 50.1 Å². The van der Waals surface area contributed by atoms with Crippen molar-refractivity contribution in [2.75, 3.05) is 37.9 Å². The van der Waals surface area contributed by atoms with Gasteiger partial charge in [0.15, 0.2) is 0 Å². The minimum absolute atomic E-state index is 0.00633. The molecule has 3 rings (SSSR count). The zero-order chi connectivity index (χ0) is 20.1. The molecule has 150 valence electrons. The van der Waals surface area contributed by atoms with E-state index in [0.29, 0.717) is 12.4 Å². The van der Waals surface area contributed by atoms with E-state index in [4.69, 9.17) is 4.74 Å². The van der Waals surface area contributed by atoms with E-state index in [-0.39, 0.29) is 23.8 Å². The van der Waals surface area contributed by atoms with Crippen LogP contribution in [0.2, 0.25) is 0 Å². The molecule has 0 saturated carbocycles. The van der Waals surface area contributed by atoms with E-state index in [1.165, 1.54) is 0 Å². The minimum atomic E-state index is -0.328. The molecule has 0 aliphatic carbocycles. The first-order valence-corrected chi connectivity index (χ1v) is 10.8. The molecule has 0 N–H and O–H groups in total. The van der Waals surface area contributed by atoms with Gasteiger partial charge >= 0.3 is 5.97 Å². The Bertz CT molecular complexity index is 853. The second-order valence-corrected chi connectivity index (χ2v) is 8.30. The highest BCUT2D eigenvalue weighted by Crippen LogP contribution is 2.42. The Hall–Kier alpha value is -2.21. The van der Waals surface area contributed by atoms with Gasteiger partial charge in [0, 0.05) is 25.2 Å². The zero-order valence-electron chi connectivity index (χ0n) is 16.8.